The highest BCUT2D eigenvalue weighted by molar-refractivity contribution is 6.00. The molecule has 33 heavy (non-hydrogen) atoms. The second-order valence-corrected chi connectivity index (χ2v) is 10.6. The van der Waals surface area contributed by atoms with E-state index in [1.165, 1.54) is 51.4 Å². The van der Waals surface area contributed by atoms with E-state index in [9.17, 15) is 9.59 Å². The van der Waals surface area contributed by atoms with E-state index >= 15 is 0 Å². The summed E-state index contributed by atoms with van der Waals surface area (Å²) in [5.41, 5.74) is 0.937. The smallest absolute Gasteiger partial charge is 0.334 e. The van der Waals surface area contributed by atoms with Gasteiger partial charge in [-0.15, -0.1) is 0 Å². The minimum Gasteiger partial charge on any atom is -0.462 e. The molecule has 194 valence electrons. The SMILES string of the molecule is CCCCCCCCOC(=O)C(CCCC)=C(CC(C)(C)C)C(=O)OCCCCCCCC. The zero-order chi connectivity index (χ0) is 25.0. The summed E-state index contributed by atoms with van der Waals surface area (Å²) in [5.74, 6) is -0.658. The molecule has 0 aliphatic heterocycles. The van der Waals surface area contributed by atoms with Gasteiger partial charge in [-0.25, -0.2) is 9.59 Å². The van der Waals surface area contributed by atoms with Crippen LogP contribution < -0.4 is 0 Å². The Morgan fingerprint density at radius 1 is 0.545 bits per heavy atom. The Bertz CT molecular complexity index is 542. The molecule has 0 radical (unpaired) electrons. The highest BCUT2D eigenvalue weighted by Crippen LogP contribution is 2.29. The minimum absolute atomic E-state index is 0.120. The van der Waals surface area contributed by atoms with E-state index in [0.717, 1.165) is 38.5 Å². The van der Waals surface area contributed by atoms with Crippen molar-refractivity contribution < 1.29 is 19.1 Å². The van der Waals surface area contributed by atoms with Gasteiger partial charge in [-0.2, -0.15) is 0 Å². The summed E-state index contributed by atoms with van der Waals surface area (Å²) in [5, 5.41) is 0. The highest BCUT2D eigenvalue weighted by atomic mass is 16.5. The van der Waals surface area contributed by atoms with Crippen LogP contribution in [0.3, 0.4) is 0 Å². The van der Waals surface area contributed by atoms with E-state index in [1.807, 2.05) is 0 Å². The van der Waals surface area contributed by atoms with E-state index in [2.05, 4.69) is 41.5 Å². The third-order valence-electron chi connectivity index (χ3n) is 5.81. The predicted molar refractivity (Wildman–Crippen MR) is 139 cm³/mol. The van der Waals surface area contributed by atoms with Crippen molar-refractivity contribution in [3.63, 3.8) is 0 Å². The Kier molecular flexibility index (Phi) is 19.3. The number of hydrogen-bond donors (Lipinski definition) is 0. The Balaban J connectivity index is 5.08. The molecule has 0 N–H and O–H groups in total. The van der Waals surface area contributed by atoms with Crippen LogP contribution in [0.25, 0.3) is 0 Å². The van der Waals surface area contributed by atoms with Crippen molar-refractivity contribution in [3.05, 3.63) is 11.1 Å². The average molecular weight is 467 g/mol. The fraction of sp³-hybridized carbons (Fsp3) is 0.862. The first-order valence-corrected chi connectivity index (χ1v) is 13.8. The Hall–Kier alpha value is -1.32. The van der Waals surface area contributed by atoms with Gasteiger partial charge in [0.15, 0.2) is 0 Å². The Labute approximate surface area is 205 Å². The lowest BCUT2D eigenvalue weighted by molar-refractivity contribution is -0.143. The molecule has 0 aliphatic rings. The lowest BCUT2D eigenvalue weighted by Gasteiger charge is -2.22. The van der Waals surface area contributed by atoms with E-state index in [-0.39, 0.29) is 17.4 Å². The molecule has 0 unspecified atom stereocenters. The molecule has 4 heteroatoms. The van der Waals surface area contributed by atoms with E-state index in [4.69, 9.17) is 9.47 Å². The fourth-order valence-corrected chi connectivity index (χ4v) is 3.83. The van der Waals surface area contributed by atoms with Gasteiger partial charge in [0.25, 0.3) is 0 Å². The number of hydrogen-bond acceptors (Lipinski definition) is 4. The van der Waals surface area contributed by atoms with Crippen LogP contribution in [0, 0.1) is 5.41 Å². The lowest BCUT2D eigenvalue weighted by Crippen LogP contribution is -2.21. The van der Waals surface area contributed by atoms with E-state index < -0.39 is 0 Å². The maximum absolute atomic E-state index is 13.1. The molecule has 0 amide bonds. The topological polar surface area (TPSA) is 52.6 Å². The predicted octanol–water partition coefficient (Wildman–Crippen LogP) is 8.72. The summed E-state index contributed by atoms with van der Waals surface area (Å²) in [6, 6.07) is 0. The van der Waals surface area contributed by atoms with Gasteiger partial charge in [-0.1, -0.05) is 112 Å². The molecule has 0 atom stereocenters. The molecule has 0 rings (SSSR count). The van der Waals surface area contributed by atoms with Crippen LogP contribution in [0.5, 0.6) is 0 Å². The van der Waals surface area contributed by atoms with Crippen molar-refractivity contribution in [3.8, 4) is 0 Å². The molecular weight excluding hydrogens is 412 g/mol. The first-order valence-electron chi connectivity index (χ1n) is 13.8. The molecule has 0 fully saturated rings. The second-order valence-electron chi connectivity index (χ2n) is 10.6. The van der Waals surface area contributed by atoms with E-state index in [0.29, 0.717) is 37.2 Å². The van der Waals surface area contributed by atoms with Gasteiger partial charge in [0.2, 0.25) is 0 Å². The maximum atomic E-state index is 13.1. The monoisotopic (exact) mass is 466 g/mol. The largest absolute Gasteiger partial charge is 0.462 e. The van der Waals surface area contributed by atoms with Gasteiger partial charge in [-0.3, -0.25) is 0 Å². The molecule has 0 saturated heterocycles. The third-order valence-corrected chi connectivity index (χ3v) is 5.81. The third kappa shape index (κ3) is 17.8. The van der Waals surface area contributed by atoms with Crippen molar-refractivity contribution in [2.75, 3.05) is 13.2 Å². The number of carbonyl (C=O) groups is 2. The van der Waals surface area contributed by atoms with Crippen LogP contribution in [0.1, 0.15) is 144 Å². The Morgan fingerprint density at radius 3 is 1.36 bits per heavy atom. The molecule has 0 aromatic carbocycles. The van der Waals surface area contributed by atoms with Crippen molar-refractivity contribution in [1.82, 2.24) is 0 Å². The van der Waals surface area contributed by atoms with Gasteiger partial charge in [0, 0.05) is 11.1 Å². The molecule has 0 aliphatic carbocycles. The lowest BCUT2D eigenvalue weighted by atomic mass is 9.85. The molecule has 4 nitrogen and oxygen atoms in total. The fourth-order valence-electron chi connectivity index (χ4n) is 3.83. The van der Waals surface area contributed by atoms with Gasteiger partial charge in [-0.05, 0) is 37.5 Å². The van der Waals surface area contributed by atoms with Crippen LogP contribution in [0.15, 0.2) is 11.1 Å². The number of rotatable bonds is 20. The van der Waals surface area contributed by atoms with Crippen molar-refractivity contribution >= 4 is 11.9 Å². The first-order chi connectivity index (χ1) is 15.8. The molecule has 0 saturated carbocycles. The zero-order valence-corrected chi connectivity index (χ0v) is 22.9. The van der Waals surface area contributed by atoms with Crippen LogP contribution in [-0.2, 0) is 19.1 Å². The molecule has 0 bridgehead atoms. The Morgan fingerprint density at radius 2 is 0.939 bits per heavy atom. The van der Waals surface area contributed by atoms with Crippen LogP contribution in [0.4, 0.5) is 0 Å². The normalized spacial score (nSPS) is 12.4. The molecular formula is C29H54O4. The summed E-state index contributed by atoms with van der Waals surface area (Å²) >= 11 is 0. The van der Waals surface area contributed by atoms with Crippen LogP contribution in [0.2, 0.25) is 0 Å². The molecule has 0 aromatic rings. The highest BCUT2D eigenvalue weighted by Gasteiger charge is 2.27. The molecule has 0 aromatic heterocycles. The molecule has 0 spiro atoms. The number of ether oxygens (including phenoxy) is 2. The van der Waals surface area contributed by atoms with Crippen molar-refractivity contribution in [2.45, 2.75) is 144 Å². The number of esters is 2. The van der Waals surface area contributed by atoms with Gasteiger partial charge >= 0.3 is 11.9 Å². The minimum atomic E-state index is -0.332. The summed E-state index contributed by atoms with van der Waals surface area (Å²) in [7, 11) is 0. The van der Waals surface area contributed by atoms with Crippen LogP contribution >= 0.6 is 0 Å². The zero-order valence-electron chi connectivity index (χ0n) is 22.9. The second kappa shape index (κ2) is 20.1. The quantitative estimate of drug-likeness (QED) is 0.102. The van der Waals surface area contributed by atoms with Crippen molar-refractivity contribution in [2.24, 2.45) is 5.41 Å². The van der Waals surface area contributed by atoms with Gasteiger partial charge in [0.05, 0.1) is 13.2 Å². The number of carbonyl (C=O) groups excluding carboxylic acids is 2. The van der Waals surface area contributed by atoms with Crippen LogP contribution in [-0.4, -0.2) is 25.2 Å². The summed E-state index contributed by atoms with van der Waals surface area (Å²) < 4.78 is 11.3. The summed E-state index contributed by atoms with van der Waals surface area (Å²) in [6.07, 6.45) is 16.7. The maximum Gasteiger partial charge on any atom is 0.334 e. The summed E-state index contributed by atoms with van der Waals surface area (Å²) in [6.45, 7) is 13.6. The summed E-state index contributed by atoms with van der Waals surface area (Å²) in [4.78, 5) is 26.1. The number of unbranched alkanes of at least 4 members (excludes halogenated alkanes) is 11. The average Bonchev–Trinajstić information content (AvgIpc) is 2.76. The first kappa shape index (κ1) is 31.7. The standard InChI is InChI=1S/C29H54O4/c1-7-10-13-15-17-19-22-32-27(30)25(21-12-9-3)26(24-29(4,5)6)28(31)33-23-20-18-16-14-11-8-2/h7-24H2,1-6H3. The van der Waals surface area contributed by atoms with Crippen molar-refractivity contribution in [1.29, 1.82) is 0 Å². The van der Waals surface area contributed by atoms with E-state index in [1.54, 1.807) is 0 Å². The molecule has 0 heterocycles. The van der Waals surface area contributed by atoms with Gasteiger partial charge in [0.1, 0.15) is 0 Å². The van der Waals surface area contributed by atoms with Gasteiger partial charge < -0.3 is 9.47 Å².